The Balaban J connectivity index is 0. The zero-order valence-electron chi connectivity index (χ0n) is 13.0. The van der Waals surface area contributed by atoms with Crippen LogP contribution in [0.5, 0.6) is 0 Å². The van der Waals surface area contributed by atoms with Crippen LogP contribution in [0.25, 0.3) is 0 Å². The molecular formula is C16H29NO2. The van der Waals surface area contributed by atoms with E-state index in [1.54, 1.807) is 6.07 Å². The van der Waals surface area contributed by atoms with Crippen LogP contribution in [0, 0.1) is 6.92 Å². The minimum Gasteiger partial charge on any atom is -0.456 e. The Kier molecular flexibility index (Phi) is 7.38. The summed E-state index contributed by atoms with van der Waals surface area (Å²) in [7, 11) is 0. The molecule has 0 fully saturated rings. The van der Waals surface area contributed by atoms with Crippen molar-refractivity contribution < 1.29 is 11.0 Å². The Labute approximate surface area is 118 Å². The van der Waals surface area contributed by atoms with E-state index in [-0.39, 0.29) is 7.40 Å². The monoisotopic (exact) mass is 267 g/mol. The number of aryl methyl sites for hydroxylation is 1. The summed E-state index contributed by atoms with van der Waals surface area (Å²) in [5.41, 5.74) is 7.68. The molecule has 1 rings (SSSR count). The lowest BCUT2D eigenvalue weighted by molar-refractivity contribution is -0.00250. The highest BCUT2D eigenvalue weighted by Crippen LogP contribution is 2.19. The van der Waals surface area contributed by atoms with Crippen LogP contribution in [-0.2, 0) is 11.3 Å². The van der Waals surface area contributed by atoms with Crippen LogP contribution in [0.4, 0.5) is 0 Å². The maximum Gasteiger partial charge on any atom is 0.338 e. The van der Waals surface area contributed by atoms with Crippen molar-refractivity contribution in [3.05, 3.63) is 34.9 Å². The molecule has 0 bridgehead atoms. The molecule has 1 aromatic rings. The molecule has 110 valence electrons. The van der Waals surface area contributed by atoms with Crippen LogP contribution in [0.1, 0.15) is 64.0 Å². The summed E-state index contributed by atoms with van der Waals surface area (Å²) in [6.45, 7) is 12.2. The molecule has 0 heterocycles. The zero-order chi connectivity index (χ0) is 15.1. The number of carbonyl (C=O) groups excluding carboxylic acids is 1. The minimum absolute atomic E-state index is 0. The van der Waals surface area contributed by atoms with Crippen molar-refractivity contribution >= 4 is 5.97 Å². The van der Waals surface area contributed by atoms with Crippen LogP contribution in [0.2, 0.25) is 0 Å². The SMILES string of the molecule is CC.CCC(C)(C)OC(=O)c1ccc(CN)cc1C.[HH]. The topological polar surface area (TPSA) is 52.3 Å². The van der Waals surface area contributed by atoms with E-state index in [2.05, 4.69) is 0 Å². The van der Waals surface area contributed by atoms with E-state index in [1.165, 1.54) is 0 Å². The lowest BCUT2D eigenvalue weighted by Gasteiger charge is -2.23. The van der Waals surface area contributed by atoms with Gasteiger partial charge in [-0.25, -0.2) is 4.79 Å². The third-order valence-corrected chi connectivity index (χ3v) is 2.97. The maximum absolute atomic E-state index is 12.0. The standard InChI is InChI=1S/C14H21NO2.C2H6.H2/c1-5-14(3,4)17-13(16)12-7-6-11(9-15)8-10(12)2;1-2;/h6-8H,5,9,15H2,1-4H3;1-2H3;1H. The highest BCUT2D eigenvalue weighted by Gasteiger charge is 2.22. The van der Waals surface area contributed by atoms with Gasteiger partial charge >= 0.3 is 5.97 Å². The molecule has 1 aromatic carbocycles. The molecule has 0 unspecified atom stereocenters. The highest BCUT2D eigenvalue weighted by atomic mass is 16.6. The van der Waals surface area contributed by atoms with E-state index >= 15 is 0 Å². The Morgan fingerprint density at radius 2 is 1.95 bits per heavy atom. The first-order valence-electron chi connectivity index (χ1n) is 6.92. The molecule has 0 amide bonds. The van der Waals surface area contributed by atoms with Crippen LogP contribution in [-0.4, -0.2) is 11.6 Å². The van der Waals surface area contributed by atoms with Gasteiger partial charge in [-0.15, -0.1) is 0 Å². The van der Waals surface area contributed by atoms with Crippen molar-refractivity contribution in [1.82, 2.24) is 0 Å². The van der Waals surface area contributed by atoms with Crippen LogP contribution in [0.15, 0.2) is 18.2 Å². The Morgan fingerprint density at radius 1 is 1.37 bits per heavy atom. The lowest BCUT2D eigenvalue weighted by Crippen LogP contribution is -2.27. The molecule has 0 spiro atoms. The van der Waals surface area contributed by atoms with Crippen molar-refractivity contribution in [3.63, 3.8) is 0 Å². The van der Waals surface area contributed by atoms with Gasteiger partial charge in [0.25, 0.3) is 0 Å². The molecule has 0 saturated carbocycles. The van der Waals surface area contributed by atoms with Gasteiger partial charge in [0.2, 0.25) is 0 Å². The molecule has 0 saturated heterocycles. The van der Waals surface area contributed by atoms with E-state index in [1.807, 2.05) is 53.7 Å². The number of rotatable bonds is 4. The second-order valence-electron chi connectivity index (χ2n) is 4.86. The number of hydrogen-bond acceptors (Lipinski definition) is 3. The smallest absolute Gasteiger partial charge is 0.338 e. The second kappa shape index (κ2) is 7.95. The number of benzene rings is 1. The third-order valence-electron chi connectivity index (χ3n) is 2.97. The fourth-order valence-corrected chi connectivity index (χ4v) is 1.46. The van der Waals surface area contributed by atoms with E-state index in [9.17, 15) is 4.79 Å². The van der Waals surface area contributed by atoms with E-state index < -0.39 is 5.60 Å². The number of carbonyl (C=O) groups is 1. The predicted molar refractivity (Wildman–Crippen MR) is 82.3 cm³/mol. The van der Waals surface area contributed by atoms with Crippen LogP contribution >= 0.6 is 0 Å². The van der Waals surface area contributed by atoms with Crippen molar-refractivity contribution in [1.29, 1.82) is 0 Å². The number of nitrogens with two attached hydrogens (primary N) is 1. The molecule has 0 radical (unpaired) electrons. The van der Waals surface area contributed by atoms with Crippen molar-refractivity contribution in [3.8, 4) is 0 Å². The van der Waals surface area contributed by atoms with E-state index in [0.717, 1.165) is 17.5 Å². The lowest BCUT2D eigenvalue weighted by atomic mass is 10.0. The molecule has 0 aliphatic heterocycles. The summed E-state index contributed by atoms with van der Waals surface area (Å²) in [5.74, 6) is -0.266. The van der Waals surface area contributed by atoms with Gasteiger partial charge in [-0.1, -0.05) is 32.9 Å². The van der Waals surface area contributed by atoms with Crippen LogP contribution < -0.4 is 5.73 Å². The predicted octanol–water partition coefficient (Wildman–Crippen LogP) is 4.07. The fraction of sp³-hybridized carbons (Fsp3) is 0.562. The van der Waals surface area contributed by atoms with Crippen molar-refractivity contribution in [2.24, 2.45) is 5.73 Å². The van der Waals surface area contributed by atoms with Gasteiger partial charge < -0.3 is 10.5 Å². The maximum atomic E-state index is 12.0. The first-order valence-corrected chi connectivity index (χ1v) is 6.92. The van der Waals surface area contributed by atoms with E-state index in [0.29, 0.717) is 12.1 Å². The molecule has 2 N–H and O–H groups in total. The van der Waals surface area contributed by atoms with Crippen LogP contribution in [0.3, 0.4) is 0 Å². The molecule has 0 aromatic heterocycles. The highest BCUT2D eigenvalue weighted by molar-refractivity contribution is 5.91. The van der Waals surface area contributed by atoms with Crippen molar-refractivity contribution in [2.75, 3.05) is 0 Å². The van der Waals surface area contributed by atoms with Gasteiger partial charge in [0.1, 0.15) is 5.60 Å². The average molecular weight is 267 g/mol. The second-order valence-corrected chi connectivity index (χ2v) is 4.86. The fourth-order valence-electron chi connectivity index (χ4n) is 1.46. The molecule has 0 aliphatic carbocycles. The van der Waals surface area contributed by atoms with Gasteiger partial charge in [-0.05, 0) is 44.4 Å². The summed E-state index contributed by atoms with van der Waals surface area (Å²) in [5, 5.41) is 0. The summed E-state index contributed by atoms with van der Waals surface area (Å²) in [4.78, 5) is 12.0. The van der Waals surface area contributed by atoms with Crippen molar-refractivity contribution in [2.45, 2.75) is 60.1 Å². The zero-order valence-corrected chi connectivity index (χ0v) is 13.0. The molecule has 0 atom stereocenters. The summed E-state index contributed by atoms with van der Waals surface area (Å²) in [6.07, 6.45) is 0.790. The first-order chi connectivity index (χ1) is 8.89. The van der Waals surface area contributed by atoms with E-state index in [4.69, 9.17) is 10.5 Å². The molecule has 3 heteroatoms. The van der Waals surface area contributed by atoms with Gasteiger partial charge in [-0.2, -0.15) is 0 Å². The van der Waals surface area contributed by atoms with Gasteiger partial charge in [0.15, 0.2) is 0 Å². The molecular weight excluding hydrogens is 238 g/mol. The largest absolute Gasteiger partial charge is 0.456 e. The van der Waals surface area contributed by atoms with Gasteiger partial charge in [0, 0.05) is 7.97 Å². The summed E-state index contributed by atoms with van der Waals surface area (Å²) in [6, 6.07) is 5.57. The quantitative estimate of drug-likeness (QED) is 0.837. The normalized spacial score (nSPS) is 10.5. The molecule has 19 heavy (non-hydrogen) atoms. The Bertz CT molecular complexity index is 417. The van der Waals surface area contributed by atoms with Gasteiger partial charge in [0.05, 0.1) is 5.56 Å². The van der Waals surface area contributed by atoms with Gasteiger partial charge in [-0.3, -0.25) is 0 Å². The number of hydrogen-bond donors (Lipinski definition) is 1. The molecule has 3 nitrogen and oxygen atoms in total. The molecule has 0 aliphatic rings. The third kappa shape index (κ3) is 5.43. The first kappa shape index (κ1) is 17.6. The number of esters is 1. The Hall–Kier alpha value is -1.35. The minimum atomic E-state index is -0.421. The average Bonchev–Trinajstić information content (AvgIpc) is 2.40. The number of ether oxygens (including phenoxy) is 1. The summed E-state index contributed by atoms with van der Waals surface area (Å²) >= 11 is 0. The Morgan fingerprint density at radius 3 is 2.37 bits per heavy atom. The summed E-state index contributed by atoms with van der Waals surface area (Å²) < 4.78 is 5.46.